The molecular formula is C17H17ClN2O. The fourth-order valence-corrected chi connectivity index (χ4v) is 2.19. The van der Waals surface area contributed by atoms with E-state index in [1.807, 2.05) is 32.2 Å². The number of rotatable bonds is 5. The molecule has 1 unspecified atom stereocenters. The quantitative estimate of drug-likeness (QED) is 0.781. The fourth-order valence-electron chi connectivity index (χ4n) is 1.98. The van der Waals surface area contributed by atoms with Crippen LogP contribution in [0.25, 0.3) is 0 Å². The molecule has 3 nitrogen and oxygen atoms in total. The van der Waals surface area contributed by atoms with Crippen LogP contribution < -0.4 is 4.74 Å². The van der Waals surface area contributed by atoms with Crippen molar-refractivity contribution in [3.05, 3.63) is 64.7 Å². The highest BCUT2D eigenvalue weighted by Crippen LogP contribution is 2.26. The van der Waals surface area contributed by atoms with Gasteiger partial charge in [0.05, 0.1) is 5.02 Å². The Hall–Kier alpha value is -2.02. The molecule has 0 heterocycles. The van der Waals surface area contributed by atoms with E-state index in [9.17, 15) is 0 Å². The van der Waals surface area contributed by atoms with Gasteiger partial charge in [0.25, 0.3) is 0 Å². The lowest BCUT2D eigenvalue weighted by Crippen LogP contribution is -2.33. The summed E-state index contributed by atoms with van der Waals surface area (Å²) < 4.78 is 5.87. The Balaban J connectivity index is 2.06. The van der Waals surface area contributed by atoms with Crippen molar-refractivity contribution in [3.63, 3.8) is 0 Å². The van der Waals surface area contributed by atoms with Crippen LogP contribution in [0.5, 0.6) is 5.75 Å². The molecule has 21 heavy (non-hydrogen) atoms. The Morgan fingerprint density at radius 1 is 1.19 bits per heavy atom. The largest absolute Gasteiger partial charge is 0.474 e. The molecule has 0 fully saturated rings. The minimum Gasteiger partial charge on any atom is -0.474 e. The summed E-state index contributed by atoms with van der Waals surface area (Å²) in [4.78, 5) is 2.07. The molecule has 108 valence electrons. The summed E-state index contributed by atoms with van der Waals surface area (Å²) in [5.41, 5.74) is 1.58. The van der Waals surface area contributed by atoms with Gasteiger partial charge in [-0.1, -0.05) is 48.0 Å². The van der Waals surface area contributed by atoms with Crippen molar-refractivity contribution < 1.29 is 4.74 Å². The first kappa shape index (κ1) is 15.4. The zero-order chi connectivity index (χ0) is 15.2. The van der Waals surface area contributed by atoms with E-state index in [1.54, 1.807) is 18.2 Å². The number of nitrogens with zero attached hydrogens (tertiary/aromatic N) is 2. The highest BCUT2D eigenvalue weighted by molar-refractivity contribution is 6.31. The molecule has 0 aliphatic heterocycles. The first-order valence-corrected chi connectivity index (χ1v) is 7.09. The van der Waals surface area contributed by atoms with Crippen LogP contribution in [0.4, 0.5) is 0 Å². The molecule has 0 aliphatic rings. The second kappa shape index (κ2) is 7.12. The number of hydrogen-bond donors (Lipinski definition) is 0. The Morgan fingerprint density at radius 3 is 2.57 bits per heavy atom. The van der Waals surface area contributed by atoms with Crippen LogP contribution in [0.1, 0.15) is 18.1 Å². The summed E-state index contributed by atoms with van der Waals surface area (Å²) in [5, 5.41) is 9.57. The highest BCUT2D eigenvalue weighted by atomic mass is 35.5. The van der Waals surface area contributed by atoms with Gasteiger partial charge in [-0.25, -0.2) is 0 Å². The van der Waals surface area contributed by atoms with Gasteiger partial charge in [0.2, 0.25) is 0 Å². The first-order valence-electron chi connectivity index (χ1n) is 6.71. The molecule has 4 heteroatoms. The van der Waals surface area contributed by atoms with Crippen LogP contribution in [-0.2, 0) is 6.54 Å². The second-order valence-corrected chi connectivity index (χ2v) is 5.25. The van der Waals surface area contributed by atoms with Gasteiger partial charge in [-0.05, 0) is 31.7 Å². The van der Waals surface area contributed by atoms with Crippen molar-refractivity contribution in [1.82, 2.24) is 4.90 Å². The predicted octanol–water partition coefficient (Wildman–Crippen LogP) is 4.07. The van der Waals surface area contributed by atoms with E-state index < -0.39 is 0 Å². The van der Waals surface area contributed by atoms with Crippen LogP contribution in [0.3, 0.4) is 0 Å². The fraction of sp³-hybridized carbons (Fsp3) is 0.235. The third-order valence-corrected chi connectivity index (χ3v) is 3.60. The Bertz CT molecular complexity index is 637. The van der Waals surface area contributed by atoms with Crippen LogP contribution >= 0.6 is 11.6 Å². The third kappa shape index (κ3) is 3.98. The zero-order valence-electron chi connectivity index (χ0n) is 12.1. The van der Waals surface area contributed by atoms with Crippen molar-refractivity contribution in [2.45, 2.75) is 19.7 Å². The molecule has 0 saturated carbocycles. The number of hydrogen-bond acceptors (Lipinski definition) is 3. The lowest BCUT2D eigenvalue weighted by molar-refractivity contribution is 0.0548. The molecular weight excluding hydrogens is 284 g/mol. The van der Waals surface area contributed by atoms with E-state index in [0.717, 1.165) is 6.54 Å². The maximum Gasteiger partial charge on any atom is 0.149 e. The standard InChI is InChI=1S/C17H17ClN2O/c1-13(20(2)12-14-7-4-3-5-8-14)21-17-10-6-9-16(18)15(17)11-19/h3-10,13H,12H2,1-2H3. The van der Waals surface area contributed by atoms with E-state index in [1.165, 1.54) is 5.56 Å². The van der Waals surface area contributed by atoms with E-state index in [4.69, 9.17) is 21.6 Å². The van der Waals surface area contributed by atoms with Gasteiger partial charge in [-0.3, -0.25) is 4.90 Å². The van der Waals surface area contributed by atoms with Gasteiger partial charge in [-0.2, -0.15) is 5.26 Å². The molecule has 2 rings (SSSR count). The van der Waals surface area contributed by atoms with Gasteiger partial charge in [0.15, 0.2) is 0 Å². The van der Waals surface area contributed by atoms with E-state index in [0.29, 0.717) is 16.3 Å². The van der Waals surface area contributed by atoms with Gasteiger partial charge in [0, 0.05) is 6.54 Å². The molecule has 1 atom stereocenters. The number of nitriles is 1. The van der Waals surface area contributed by atoms with Crippen molar-refractivity contribution in [3.8, 4) is 11.8 Å². The third-order valence-electron chi connectivity index (χ3n) is 3.28. The smallest absolute Gasteiger partial charge is 0.149 e. The lowest BCUT2D eigenvalue weighted by Gasteiger charge is -2.26. The molecule has 0 bridgehead atoms. The summed E-state index contributed by atoms with van der Waals surface area (Å²) in [6.07, 6.45) is -0.171. The summed E-state index contributed by atoms with van der Waals surface area (Å²) in [6, 6.07) is 17.5. The average Bonchev–Trinajstić information content (AvgIpc) is 2.48. The van der Waals surface area contributed by atoms with E-state index in [2.05, 4.69) is 23.1 Å². The van der Waals surface area contributed by atoms with E-state index in [-0.39, 0.29) is 6.23 Å². The number of benzene rings is 2. The average molecular weight is 301 g/mol. The van der Waals surface area contributed by atoms with Crippen LogP contribution in [0.2, 0.25) is 5.02 Å². The van der Waals surface area contributed by atoms with Crippen molar-refractivity contribution in [1.29, 1.82) is 5.26 Å². The molecule has 0 amide bonds. The Morgan fingerprint density at radius 2 is 1.90 bits per heavy atom. The van der Waals surface area contributed by atoms with E-state index >= 15 is 0 Å². The van der Waals surface area contributed by atoms with Crippen LogP contribution in [0, 0.1) is 11.3 Å². The molecule has 0 radical (unpaired) electrons. The molecule has 0 aliphatic carbocycles. The topological polar surface area (TPSA) is 36.3 Å². The van der Waals surface area contributed by atoms with Gasteiger partial charge >= 0.3 is 0 Å². The van der Waals surface area contributed by atoms with Gasteiger partial charge < -0.3 is 4.74 Å². The van der Waals surface area contributed by atoms with Gasteiger partial charge in [-0.15, -0.1) is 0 Å². The lowest BCUT2D eigenvalue weighted by atomic mass is 10.2. The SMILES string of the molecule is CC(Oc1cccc(Cl)c1C#N)N(C)Cc1ccccc1. The van der Waals surface area contributed by atoms with Crippen molar-refractivity contribution >= 4 is 11.6 Å². The summed E-state index contributed by atoms with van der Waals surface area (Å²) in [7, 11) is 1.98. The highest BCUT2D eigenvalue weighted by Gasteiger charge is 2.14. The second-order valence-electron chi connectivity index (χ2n) is 4.84. The van der Waals surface area contributed by atoms with Crippen LogP contribution in [-0.4, -0.2) is 18.2 Å². The Kier molecular flexibility index (Phi) is 5.21. The molecule has 0 N–H and O–H groups in total. The maximum absolute atomic E-state index is 9.16. The maximum atomic E-state index is 9.16. The minimum atomic E-state index is -0.171. The van der Waals surface area contributed by atoms with Crippen molar-refractivity contribution in [2.24, 2.45) is 0 Å². The molecule has 2 aromatic rings. The molecule has 2 aromatic carbocycles. The Labute approximate surface area is 130 Å². The predicted molar refractivity (Wildman–Crippen MR) is 84.2 cm³/mol. The van der Waals surface area contributed by atoms with Crippen LogP contribution in [0.15, 0.2) is 48.5 Å². The van der Waals surface area contributed by atoms with Gasteiger partial charge in [0.1, 0.15) is 23.6 Å². The minimum absolute atomic E-state index is 0.171. The number of ether oxygens (including phenoxy) is 1. The first-order chi connectivity index (χ1) is 10.1. The zero-order valence-corrected chi connectivity index (χ0v) is 12.8. The summed E-state index contributed by atoms with van der Waals surface area (Å²) >= 11 is 6.01. The molecule has 0 spiro atoms. The molecule has 0 aromatic heterocycles. The number of halogens is 1. The van der Waals surface area contributed by atoms with Crippen molar-refractivity contribution in [2.75, 3.05) is 7.05 Å². The normalized spacial score (nSPS) is 12.0. The summed E-state index contributed by atoms with van der Waals surface area (Å²) in [5.74, 6) is 0.511. The monoisotopic (exact) mass is 300 g/mol. The summed E-state index contributed by atoms with van der Waals surface area (Å²) in [6.45, 7) is 2.72. The molecule has 0 saturated heterocycles.